The quantitative estimate of drug-likeness (QED) is 0.584. The Hall–Kier alpha value is -0.970. The predicted octanol–water partition coefficient (Wildman–Crippen LogP) is 3.79. The van der Waals surface area contributed by atoms with Gasteiger partial charge in [0.05, 0.1) is 0 Å². The molecule has 0 bridgehead atoms. The fourth-order valence-electron chi connectivity index (χ4n) is 1.69. The lowest BCUT2D eigenvalue weighted by Gasteiger charge is -2.18. The molecular formula is C14H18ClN. The number of hydrogen-bond donors (Lipinski definition) is 1. The molecule has 0 aromatic heterocycles. The topological polar surface area (TPSA) is 12.0 Å². The van der Waals surface area contributed by atoms with Crippen molar-refractivity contribution in [2.24, 2.45) is 0 Å². The molecule has 0 spiro atoms. The lowest BCUT2D eigenvalue weighted by molar-refractivity contribution is 0.501. The van der Waals surface area contributed by atoms with Gasteiger partial charge in [-0.1, -0.05) is 37.1 Å². The summed E-state index contributed by atoms with van der Waals surface area (Å²) in [6, 6.07) is 8.40. The molecule has 0 aliphatic heterocycles. The van der Waals surface area contributed by atoms with Crippen LogP contribution in [0.4, 0.5) is 0 Å². The Morgan fingerprint density at radius 3 is 2.62 bits per heavy atom. The van der Waals surface area contributed by atoms with Crippen molar-refractivity contribution >= 4 is 11.6 Å². The molecule has 86 valence electrons. The predicted molar refractivity (Wildman–Crippen MR) is 70.6 cm³/mol. The van der Waals surface area contributed by atoms with Crippen molar-refractivity contribution in [3.8, 4) is 12.3 Å². The molecule has 0 radical (unpaired) electrons. The van der Waals surface area contributed by atoms with E-state index in [0.717, 1.165) is 30.8 Å². The first-order chi connectivity index (χ1) is 7.77. The molecule has 1 aromatic carbocycles. The number of benzene rings is 1. The first-order valence-electron chi connectivity index (χ1n) is 5.70. The third-order valence-electron chi connectivity index (χ3n) is 2.51. The summed E-state index contributed by atoms with van der Waals surface area (Å²) in [6.07, 6.45) is 8.28. The summed E-state index contributed by atoms with van der Waals surface area (Å²) in [5.74, 6) is 2.64. The van der Waals surface area contributed by atoms with Crippen molar-refractivity contribution in [1.29, 1.82) is 0 Å². The van der Waals surface area contributed by atoms with Crippen molar-refractivity contribution < 1.29 is 0 Å². The van der Waals surface area contributed by atoms with E-state index in [1.165, 1.54) is 5.56 Å². The Balaban J connectivity index is 2.62. The van der Waals surface area contributed by atoms with Gasteiger partial charge in [-0.25, -0.2) is 0 Å². The molecule has 0 amide bonds. The van der Waals surface area contributed by atoms with Gasteiger partial charge in [0.1, 0.15) is 0 Å². The van der Waals surface area contributed by atoms with Crippen LogP contribution in [0.2, 0.25) is 5.02 Å². The molecule has 1 rings (SSSR count). The van der Waals surface area contributed by atoms with Gasteiger partial charge in [0.2, 0.25) is 0 Å². The third-order valence-corrected chi connectivity index (χ3v) is 2.76. The molecule has 1 nitrogen and oxygen atoms in total. The molecule has 2 heteroatoms. The first kappa shape index (κ1) is 13.1. The molecule has 1 N–H and O–H groups in total. The largest absolute Gasteiger partial charge is 0.309 e. The second kappa shape index (κ2) is 7.33. The van der Waals surface area contributed by atoms with E-state index in [0.29, 0.717) is 6.04 Å². The summed E-state index contributed by atoms with van der Waals surface area (Å²) in [4.78, 5) is 0. The van der Waals surface area contributed by atoms with E-state index in [2.05, 4.69) is 30.3 Å². The fourth-order valence-corrected chi connectivity index (χ4v) is 1.81. The van der Waals surface area contributed by atoms with Gasteiger partial charge >= 0.3 is 0 Å². The lowest BCUT2D eigenvalue weighted by Crippen LogP contribution is -2.22. The van der Waals surface area contributed by atoms with Crippen LogP contribution in [0.25, 0.3) is 0 Å². The highest BCUT2D eigenvalue weighted by Crippen LogP contribution is 2.20. The van der Waals surface area contributed by atoms with E-state index in [9.17, 15) is 0 Å². The van der Waals surface area contributed by atoms with E-state index in [-0.39, 0.29) is 0 Å². The Morgan fingerprint density at radius 1 is 1.38 bits per heavy atom. The van der Waals surface area contributed by atoms with Crippen LogP contribution in [-0.4, -0.2) is 6.54 Å². The summed E-state index contributed by atoms with van der Waals surface area (Å²) in [5.41, 5.74) is 1.28. The van der Waals surface area contributed by atoms with Gasteiger partial charge in [0.25, 0.3) is 0 Å². The Labute approximate surface area is 103 Å². The van der Waals surface area contributed by atoms with Gasteiger partial charge in [-0.2, -0.15) is 0 Å². The molecule has 0 saturated heterocycles. The van der Waals surface area contributed by atoms with E-state index < -0.39 is 0 Å². The molecule has 0 aliphatic rings. The van der Waals surface area contributed by atoms with Crippen molar-refractivity contribution in [2.45, 2.75) is 32.2 Å². The maximum atomic E-state index is 5.87. The van der Waals surface area contributed by atoms with Gasteiger partial charge in [0, 0.05) is 24.0 Å². The fraction of sp³-hybridized carbons (Fsp3) is 0.429. The average molecular weight is 236 g/mol. The van der Waals surface area contributed by atoms with Crippen molar-refractivity contribution in [3.63, 3.8) is 0 Å². The zero-order chi connectivity index (χ0) is 11.8. The van der Waals surface area contributed by atoms with Crippen LogP contribution in [0.15, 0.2) is 24.3 Å². The van der Waals surface area contributed by atoms with Crippen LogP contribution in [0.1, 0.15) is 37.8 Å². The third kappa shape index (κ3) is 4.26. The number of nitrogens with one attached hydrogen (secondary N) is 1. The summed E-state index contributed by atoms with van der Waals surface area (Å²) >= 11 is 5.87. The van der Waals surface area contributed by atoms with Gasteiger partial charge in [-0.3, -0.25) is 0 Å². The number of halogens is 1. The van der Waals surface area contributed by atoms with Crippen LogP contribution >= 0.6 is 11.6 Å². The minimum Gasteiger partial charge on any atom is -0.309 e. The highest BCUT2D eigenvalue weighted by atomic mass is 35.5. The van der Waals surface area contributed by atoms with Crippen LogP contribution in [-0.2, 0) is 0 Å². The summed E-state index contributed by atoms with van der Waals surface area (Å²) in [5, 5.41) is 4.25. The molecule has 0 heterocycles. The highest BCUT2D eigenvalue weighted by molar-refractivity contribution is 6.30. The Kier molecular flexibility index (Phi) is 6.00. The van der Waals surface area contributed by atoms with E-state index >= 15 is 0 Å². The van der Waals surface area contributed by atoms with Crippen molar-refractivity contribution in [2.75, 3.05) is 6.54 Å². The summed E-state index contributed by atoms with van der Waals surface area (Å²) < 4.78 is 0. The van der Waals surface area contributed by atoms with Crippen LogP contribution in [0.3, 0.4) is 0 Å². The monoisotopic (exact) mass is 235 g/mol. The second-order valence-corrected chi connectivity index (χ2v) is 4.24. The maximum absolute atomic E-state index is 5.87. The number of rotatable bonds is 6. The van der Waals surface area contributed by atoms with Gasteiger partial charge < -0.3 is 5.32 Å². The van der Waals surface area contributed by atoms with Crippen LogP contribution in [0, 0.1) is 12.3 Å². The van der Waals surface area contributed by atoms with Gasteiger partial charge in [0.15, 0.2) is 0 Å². The van der Waals surface area contributed by atoms with Gasteiger partial charge in [-0.15, -0.1) is 12.3 Å². The van der Waals surface area contributed by atoms with Crippen molar-refractivity contribution in [3.05, 3.63) is 34.9 Å². The lowest BCUT2D eigenvalue weighted by atomic mass is 10.0. The van der Waals surface area contributed by atoms with E-state index in [4.69, 9.17) is 18.0 Å². The smallest absolute Gasteiger partial charge is 0.0406 e. The van der Waals surface area contributed by atoms with Gasteiger partial charge in [-0.05, 0) is 24.1 Å². The number of hydrogen-bond acceptors (Lipinski definition) is 1. The maximum Gasteiger partial charge on any atom is 0.0406 e. The minimum atomic E-state index is 0.385. The standard InChI is InChI=1S/C14H18ClN/c1-3-5-11-16-14(6-4-2)12-7-9-13(15)10-8-12/h1,7-10,14,16H,4-6,11H2,2H3. The second-order valence-electron chi connectivity index (χ2n) is 3.80. The van der Waals surface area contributed by atoms with Crippen molar-refractivity contribution in [1.82, 2.24) is 5.32 Å². The average Bonchev–Trinajstić information content (AvgIpc) is 2.29. The Morgan fingerprint density at radius 2 is 2.06 bits per heavy atom. The molecule has 0 aliphatic carbocycles. The molecule has 0 fully saturated rings. The Bertz CT molecular complexity index is 337. The molecule has 1 aromatic rings. The SMILES string of the molecule is C#CCCNC(CCC)c1ccc(Cl)cc1. The molecule has 1 unspecified atom stereocenters. The minimum absolute atomic E-state index is 0.385. The normalized spacial score (nSPS) is 12.1. The zero-order valence-corrected chi connectivity index (χ0v) is 10.4. The summed E-state index contributed by atoms with van der Waals surface area (Å²) in [7, 11) is 0. The van der Waals surface area contributed by atoms with Crippen LogP contribution in [0.5, 0.6) is 0 Å². The molecule has 16 heavy (non-hydrogen) atoms. The van der Waals surface area contributed by atoms with Crippen LogP contribution < -0.4 is 5.32 Å². The van der Waals surface area contributed by atoms with E-state index in [1.807, 2.05) is 12.1 Å². The zero-order valence-electron chi connectivity index (χ0n) is 9.67. The summed E-state index contributed by atoms with van der Waals surface area (Å²) in [6.45, 7) is 3.05. The molecule has 0 saturated carbocycles. The number of terminal acetylenes is 1. The molecule has 1 atom stereocenters. The highest BCUT2D eigenvalue weighted by Gasteiger charge is 2.08. The first-order valence-corrected chi connectivity index (χ1v) is 6.08. The molecular weight excluding hydrogens is 218 g/mol. The van der Waals surface area contributed by atoms with E-state index in [1.54, 1.807) is 0 Å².